The smallest absolute Gasteiger partial charge is 0.146 e. The van der Waals surface area contributed by atoms with Crippen LogP contribution in [0, 0.1) is 11.7 Å². The van der Waals surface area contributed by atoms with Crippen LogP contribution in [-0.4, -0.2) is 33.4 Å². The van der Waals surface area contributed by atoms with Crippen molar-refractivity contribution in [1.29, 1.82) is 0 Å². The van der Waals surface area contributed by atoms with Gasteiger partial charge in [-0.1, -0.05) is 19.1 Å². The highest BCUT2D eigenvalue weighted by molar-refractivity contribution is 5.56. The van der Waals surface area contributed by atoms with E-state index in [-0.39, 0.29) is 11.9 Å². The van der Waals surface area contributed by atoms with E-state index in [2.05, 4.69) is 24.1 Å². The Labute approximate surface area is 127 Å². The number of rotatable bonds is 6. The van der Waals surface area contributed by atoms with E-state index in [0.717, 1.165) is 50.3 Å². The van der Waals surface area contributed by atoms with Crippen molar-refractivity contribution in [3.63, 3.8) is 0 Å². The first-order chi connectivity index (χ1) is 10.2. The standard InChI is InChI=1S/C17H27FN2O/c1-4-19-13(2)15-6-5-7-16(18)17(15)20-10-8-14(9-11-20)12-21-3/h5-7,13-14,19H,4,8-12H2,1-3H3. The Morgan fingerprint density at radius 1 is 1.38 bits per heavy atom. The van der Waals surface area contributed by atoms with E-state index in [1.165, 1.54) is 0 Å². The molecule has 3 nitrogen and oxygen atoms in total. The van der Waals surface area contributed by atoms with E-state index in [1.54, 1.807) is 19.2 Å². The van der Waals surface area contributed by atoms with Crippen LogP contribution in [-0.2, 0) is 4.74 Å². The Kier molecular flexibility index (Phi) is 6.00. The summed E-state index contributed by atoms with van der Waals surface area (Å²) < 4.78 is 19.6. The lowest BCUT2D eigenvalue weighted by Crippen LogP contribution is -2.36. The zero-order valence-electron chi connectivity index (χ0n) is 13.4. The van der Waals surface area contributed by atoms with Crippen LogP contribution in [0.1, 0.15) is 38.3 Å². The minimum absolute atomic E-state index is 0.109. The molecule has 1 heterocycles. The van der Waals surface area contributed by atoms with Gasteiger partial charge in [-0.3, -0.25) is 0 Å². The van der Waals surface area contributed by atoms with Crippen LogP contribution in [0.15, 0.2) is 18.2 Å². The van der Waals surface area contributed by atoms with E-state index in [0.29, 0.717) is 5.92 Å². The second-order valence-electron chi connectivity index (χ2n) is 5.84. The number of benzene rings is 1. The monoisotopic (exact) mass is 294 g/mol. The molecule has 0 aliphatic carbocycles. The third-order valence-electron chi connectivity index (χ3n) is 4.33. The molecule has 21 heavy (non-hydrogen) atoms. The van der Waals surface area contributed by atoms with Crippen LogP contribution < -0.4 is 10.2 Å². The van der Waals surface area contributed by atoms with Crippen molar-refractivity contribution < 1.29 is 9.13 Å². The Morgan fingerprint density at radius 3 is 2.71 bits per heavy atom. The van der Waals surface area contributed by atoms with Gasteiger partial charge in [0.2, 0.25) is 0 Å². The minimum atomic E-state index is -0.109. The molecule has 1 aliphatic heterocycles. The van der Waals surface area contributed by atoms with Gasteiger partial charge in [-0.2, -0.15) is 0 Å². The fourth-order valence-electron chi connectivity index (χ4n) is 3.19. The van der Waals surface area contributed by atoms with Crippen molar-refractivity contribution in [2.75, 3.05) is 38.3 Å². The normalized spacial score (nSPS) is 18.0. The lowest BCUT2D eigenvalue weighted by Gasteiger charge is -2.35. The van der Waals surface area contributed by atoms with Crippen molar-refractivity contribution in [3.8, 4) is 0 Å². The maximum absolute atomic E-state index is 14.4. The summed E-state index contributed by atoms with van der Waals surface area (Å²) in [5, 5.41) is 3.38. The largest absolute Gasteiger partial charge is 0.384 e. The first-order valence-corrected chi connectivity index (χ1v) is 7.93. The molecule has 1 aromatic rings. The van der Waals surface area contributed by atoms with Crippen LogP contribution in [0.3, 0.4) is 0 Å². The Morgan fingerprint density at radius 2 is 2.10 bits per heavy atom. The van der Waals surface area contributed by atoms with Crippen LogP contribution in [0.4, 0.5) is 10.1 Å². The zero-order valence-corrected chi connectivity index (χ0v) is 13.4. The molecule has 1 atom stereocenters. The summed E-state index contributed by atoms with van der Waals surface area (Å²) in [6.07, 6.45) is 2.13. The minimum Gasteiger partial charge on any atom is -0.384 e. The number of ether oxygens (including phenoxy) is 1. The predicted molar refractivity (Wildman–Crippen MR) is 85.3 cm³/mol. The molecule has 1 unspecified atom stereocenters. The average molecular weight is 294 g/mol. The highest BCUT2D eigenvalue weighted by Gasteiger charge is 2.24. The van der Waals surface area contributed by atoms with Crippen LogP contribution in [0.5, 0.6) is 0 Å². The SMILES string of the molecule is CCNC(C)c1cccc(F)c1N1CCC(COC)CC1. The summed E-state index contributed by atoms with van der Waals surface area (Å²) >= 11 is 0. The number of para-hydroxylation sites is 1. The third kappa shape index (κ3) is 3.95. The number of piperidine rings is 1. The summed E-state index contributed by atoms with van der Waals surface area (Å²) in [5.74, 6) is 0.495. The Bertz CT molecular complexity index is 444. The number of nitrogens with one attached hydrogen (secondary N) is 1. The van der Waals surface area contributed by atoms with Gasteiger partial charge in [0.25, 0.3) is 0 Å². The molecular weight excluding hydrogens is 267 g/mol. The van der Waals surface area contributed by atoms with Crippen LogP contribution in [0.25, 0.3) is 0 Å². The number of halogens is 1. The summed E-state index contributed by atoms with van der Waals surface area (Å²) in [4.78, 5) is 2.20. The third-order valence-corrected chi connectivity index (χ3v) is 4.33. The molecule has 1 fully saturated rings. The Hall–Kier alpha value is -1.13. The van der Waals surface area contributed by atoms with Crippen molar-refractivity contribution in [2.45, 2.75) is 32.7 Å². The summed E-state index contributed by atoms with van der Waals surface area (Å²) in [7, 11) is 1.75. The first kappa shape index (κ1) is 16.2. The van der Waals surface area contributed by atoms with Crippen molar-refractivity contribution >= 4 is 5.69 Å². The summed E-state index contributed by atoms with van der Waals surface area (Å²) in [6.45, 7) is 7.67. The molecule has 0 bridgehead atoms. The molecular formula is C17H27FN2O. The molecule has 0 radical (unpaired) electrons. The van der Waals surface area contributed by atoms with Gasteiger partial charge in [-0.05, 0) is 43.9 Å². The molecule has 118 valence electrons. The molecule has 1 aliphatic rings. The zero-order chi connectivity index (χ0) is 15.2. The highest BCUT2D eigenvalue weighted by Crippen LogP contribution is 2.32. The molecule has 0 saturated carbocycles. The highest BCUT2D eigenvalue weighted by atomic mass is 19.1. The molecule has 4 heteroatoms. The molecule has 0 spiro atoms. The topological polar surface area (TPSA) is 24.5 Å². The van der Waals surface area contributed by atoms with E-state index in [4.69, 9.17) is 4.74 Å². The van der Waals surface area contributed by atoms with Gasteiger partial charge in [0.15, 0.2) is 0 Å². The summed E-state index contributed by atoms with van der Waals surface area (Å²) in [5.41, 5.74) is 1.84. The maximum atomic E-state index is 14.4. The second kappa shape index (κ2) is 7.76. The number of nitrogens with zero attached hydrogens (tertiary/aromatic N) is 1. The van der Waals surface area contributed by atoms with Crippen molar-refractivity contribution in [1.82, 2.24) is 5.32 Å². The fraction of sp³-hybridized carbons (Fsp3) is 0.647. The number of hydrogen-bond acceptors (Lipinski definition) is 3. The molecule has 1 N–H and O–H groups in total. The average Bonchev–Trinajstić information content (AvgIpc) is 2.48. The van der Waals surface area contributed by atoms with E-state index < -0.39 is 0 Å². The van der Waals surface area contributed by atoms with Crippen LogP contribution >= 0.6 is 0 Å². The number of hydrogen-bond donors (Lipinski definition) is 1. The molecule has 1 aromatic carbocycles. The Balaban J connectivity index is 2.16. The quantitative estimate of drug-likeness (QED) is 0.870. The van der Waals surface area contributed by atoms with Gasteiger partial charge in [0.1, 0.15) is 5.82 Å². The van der Waals surface area contributed by atoms with Crippen LogP contribution in [0.2, 0.25) is 0 Å². The lowest BCUT2D eigenvalue weighted by molar-refractivity contribution is 0.139. The van der Waals surface area contributed by atoms with Crippen molar-refractivity contribution in [3.05, 3.63) is 29.6 Å². The number of anilines is 1. The van der Waals surface area contributed by atoms with Gasteiger partial charge < -0.3 is 15.0 Å². The molecule has 2 rings (SSSR count). The molecule has 0 amide bonds. The van der Waals surface area contributed by atoms with E-state index >= 15 is 0 Å². The van der Waals surface area contributed by atoms with Crippen molar-refractivity contribution in [2.24, 2.45) is 5.92 Å². The van der Waals surface area contributed by atoms with Gasteiger partial charge >= 0.3 is 0 Å². The van der Waals surface area contributed by atoms with Gasteiger partial charge in [-0.15, -0.1) is 0 Å². The van der Waals surface area contributed by atoms with E-state index in [9.17, 15) is 4.39 Å². The maximum Gasteiger partial charge on any atom is 0.146 e. The first-order valence-electron chi connectivity index (χ1n) is 7.93. The second-order valence-corrected chi connectivity index (χ2v) is 5.84. The van der Waals surface area contributed by atoms with E-state index in [1.807, 2.05) is 6.07 Å². The predicted octanol–water partition coefficient (Wildman–Crippen LogP) is 3.36. The van der Waals surface area contributed by atoms with Gasteiger partial charge in [-0.25, -0.2) is 4.39 Å². The van der Waals surface area contributed by atoms with Gasteiger partial charge in [0, 0.05) is 32.8 Å². The lowest BCUT2D eigenvalue weighted by atomic mass is 9.95. The van der Waals surface area contributed by atoms with Gasteiger partial charge in [0.05, 0.1) is 5.69 Å². The summed E-state index contributed by atoms with van der Waals surface area (Å²) in [6, 6.07) is 5.57. The number of methoxy groups -OCH3 is 1. The molecule has 1 saturated heterocycles. The molecule has 0 aromatic heterocycles. The fourth-order valence-corrected chi connectivity index (χ4v) is 3.19.